The van der Waals surface area contributed by atoms with Crippen LogP contribution in [0, 0.1) is 0 Å². The molecule has 3 heterocycles. The van der Waals surface area contributed by atoms with Gasteiger partial charge in [-0.05, 0) is 17.9 Å². The zero-order chi connectivity index (χ0) is 14.7. The van der Waals surface area contributed by atoms with E-state index in [1.807, 2.05) is 27.9 Å². The van der Waals surface area contributed by atoms with Crippen molar-refractivity contribution in [3.63, 3.8) is 0 Å². The third-order valence-electron chi connectivity index (χ3n) is 3.59. The molecule has 1 fully saturated rings. The summed E-state index contributed by atoms with van der Waals surface area (Å²) in [4.78, 5) is 22.0. The third-order valence-corrected chi connectivity index (χ3v) is 5.09. The predicted octanol–water partition coefficient (Wildman–Crippen LogP) is 2.56. The summed E-state index contributed by atoms with van der Waals surface area (Å²) >= 11 is 3.11. The molecule has 0 radical (unpaired) electrons. The number of anilines is 1. The fourth-order valence-corrected chi connectivity index (χ4v) is 3.87. The first kappa shape index (κ1) is 17.2. The Kier molecular flexibility index (Phi) is 6.19. The summed E-state index contributed by atoms with van der Waals surface area (Å²) in [6, 6.07) is 1.90. The van der Waals surface area contributed by atoms with Crippen molar-refractivity contribution < 1.29 is 4.79 Å². The highest BCUT2D eigenvalue weighted by Crippen LogP contribution is 2.18. The highest BCUT2D eigenvalue weighted by molar-refractivity contribution is 7.15. The van der Waals surface area contributed by atoms with Crippen LogP contribution in [-0.4, -0.2) is 46.9 Å². The van der Waals surface area contributed by atoms with Gasteiger partial charge in [-0.1, -0.05) is 0 Å². The number of rotatable bonds is 3. The zero-order valence-electron chi connectivity index (χ0n) is 12.1. The van der Waals surface area contributed by atoms with Gasteiger partial charge in [0.2, 0.25) is 0 Å². The van der Waals surface area contributed by atoms with Gasteiger partial charge in [0.1, 0.15) is 0 Å². The Balaban J connectivity index is 0.00000176. The van der Waals surface area contributed by atoms with Crippen molar-refractivity contribution in [3.05, 3.63) is 33.5 Å². The van der Waals surface area contributed by atoms with E-state index in [1.54, 1.807) is 11.3 Å². The SMILES string of the molecule is Cl.Nc1ncc(CN2CCCN(C(=O)c3ccsc3)CC2)s1. The smallest absolute Gasteiger partial charge is 0.254 e. The van der Waals surface area contributed by atoms with Gasteiger partial charge in [0, 0.05) is 49.2 Å². The van der Waals surface area contributed by atoms with Crippen LogP contribution in [0.2, 0.25) is 0 Å². The van der Waals surface area contributed by atoms with Crippen LogP contribution in [0.5, 0.6) is 0 Å². The second kappa shape index (κ2) is 7.92. The minimum atomic E-state index is 0. The first-order chi connectivity index (χ1) is 10.2. The molecule has 22 heavy (non-hydrogen) atoms. The lowest BCUT2D eigenvalue weighted by molar-refractivity contribution is 0.0761. The highest BCUT2D eigenvalue weighted by Gasteiger charge is 2.20. The molecule has 0 atom stereocenters. The number of thiophene rings is 1. The van der Waals surface area contributed by atoms with Crippen molar-refractivity contribution in [2.75, 3.05) is 31.9 Å². The van der Waals surface area contributed by atoms with Crippen LogP contribution in [-0.2, 0) is 6.54 Å². The maximum Gasteiger partial charge on any atom is 0.254 e. The third kappa shape index (κ3) is 4.19. The van der Waals surface area contributed by atoms with Crippen molar-refractivity contribution in [2.45, 2.75) is 13.0 Å². The number of hydrogen-bond donors (Lipinski definition) is 1. The molecule has 2 aromatic rings. The van der Waals surface area contributed by atoms with Gasteiger partial charge in [0.15, 0.2) is 5.13 Å². The standard InChI is InChI=1S/C14H18N4OS2.ClH/c15-14-16-8-12(21-14)9-17-3-1-4-18(6-5-17)13(19)11-2-7-20-10-11;/h2,7-8,10H,1,3-6,9H2,(H2,15,16);1H. The summed E-state index contributed by atoms with van der Waals surface area (Å²) in [6.07, 6.45) is 2.85. The van der Waals surface area contributed by atoms with Crippen LogP contribution in [0.15, 0.2) is 23.0 Å². The molecule has 0 aliphatic carbocycles. The van der Waals surface area contributed by atoms with Gasteiger partial charge in [0.05, 0.1) is 5.56 Å². The van der Waals surface area contributed by atoms with E-state index in [4.69, 9.17) is 5.73 Å². The van der Waals surface area contributed by atoms with Crippen molar-refractivity contribution in [2.24, 2.45) is 0 Å². The number of nitrogens with two attached hydrogens (primary N) is 1. The molecule has 2 aromatic heterocycles. The van der Waals surface area contributed by atoms with Gasteiger partial charge in [-0.15, -0.1) is 23.7 Å². The molecule has 2 N–H and O–H groups in total. The molecular weight excluding hydrogens is 340 g/mol. The average molecular weight is 359 g/mol. The lowest BCUT2D eigenvalue weighted by atomic mass is 10.3. The Morgan fingerprint density at radius 2 is 2.18 bits per heavy atom. The molecule has 1 aliphatic heterocycles. The summed E-state index contributed by atoms with van der Waals surface area (Å²) in [7, 11) is 0. The second-order valence-corrected chi connectivity index (χ2v) is 7.03. The zero-order valence-corrected chi connectivity index (χ0v) is 14.6. The molecule has 8 heteroatoms. The number of carbonyl (C=O) groups is 1. The van der Waals surface area contributed by atoms with Crippen LogP contribution in [0.3, 0.4) is 0 Å². The fraction of sp³-hybridized carbons (Fsp3) is 0.429. The van der Waals surface area contributed by atoms with Crippen LogP contribution in [0.25, 0.3) is 0 Å². The minimum absolute atomic E-state index is 0. The van der Waals surface area contributed by atoms with E-state index in [-0.39, 0.29) is 18.3 Å². The van der Waals surface area contributed by atoms with E-state index < -0.39 is 0 Å². The highest BCUT2D eigenvalue weighted by atomic mass is 35.5. The van der Waals surface area contributed by atoms with Crippen molar-refractivity contribution in [1.82, 2.24) is 14.8 Å². The number of amides is 1. The van der Waals surface area contributed by atoms with E-state index in [9.17, 15) is 4.79 Å². The second-order valence-electron chi connectivity index (χ2n) is 5.10. The van der Waals surface area contributed by atoms with E-state index in [0.717, 1.165) is 44.7 Å². The van der Waals surface area contributed by atoms with E-state index >= 15 is 0 Å². The first-order valence-corrected chi connectivity index (χ1v) is 8.72. The molecule has 0 saturated carbocycles. The number of thiazole rings is 1. The Labute approximate surface area is 144 Å². The van der Waals surface area contributed by atoms with Crippen molar-refractivity contribution >= 4 is 46.1 Å². The first-order valence-electron chi connectivity index (χ1n) is 6.96. The number of nitrogen functional groups attached to an aromatic ring is 1. The van der Waals surface area contributed by atoms with Crippen molar-refractivity contribution in [1.29, 1.82) is 0 Å². The van der Waals surface area contributed by atoms with E-state index in [0.29, 0.717) is 5.13 Å². The number of hydrogen-bond acceptors (Lipinski definition) is 6. The predicted molar refractivity (Wildman–Crippen MR) is 93.9 cm³/mol. The summed E-state index contributed by atoms with van der Waals surface area (Å²) in [5, 5.41) is 4.49. The molecule has 3 rings (SSSR count). The lowest BCUT2D eigenvalue weighted by Crippen LogP contribution is -2.34. The molecule has 0 bridgehead atoms. The summed E-state index contributed by atoms with van der Waals surface area (Å²) in [5.74, 6) is 0.153. The average Bonchev–Trinajstić information content (AvgIpc) is 3.08. The largest absolute Gasteiger partial charge is 0.375 e. The molecule has 1 saturated heterocycles. The maximum atomic E-state index is 12.4. The van der Waals surface area contributed by atoms with Crippen LogP contribution >= 0.6 is 35.1 Å². The van der Waals surface area contributed by atoms with Crippen LogP contribution < -0.4 is 5.73 Å². The van der Waals surface area contributed by atoms with Crippen LogP contribution in [0.4, 0.5) is 5.13 Å². The molecule has 0 spiro atoms. The molecular formula is C14H19ClN4OS2. The molecule has 0 aromatic carbocycles. The lowest BCUT2D eigenvalue weighted by Gasteiger charge is -2.21. The Bertz CT molecular complexity index is 602. The molecule has 120 valence electrons. The Morgan fingerprint density at radius 3 is 2.86 bits per heavy atom. The Morgan fingerprint density at radius 1 is 1.32 bits per heavy atom. The maximum absolute atomic E-state index is 12.4. The normalized spacial score (nSPS) is 16.1. The summed E-state index contributed by atoms with van der Waals surface area (Å²) in [6.45, 7) is 4.38. The molecule has 5 nitrogen and oxygen atoms in total. The monoisotopic (exact) mass is 358 g/mol. The quantitative estimate of drug-likeness (QED) is 0.915. The number of aromatic nitrogens is 1. The van der Waals surface area contributed by atoms with Crippen LogP contribution in [0.1, 0.15) is 21.7 Å². The fourth-order valence-electron chi connectivity index (χ4n) is 2.52. The molecule has 1 amide bonds. The van der Waals surface area contributed by atoms with Gasteiger partial charge in [-0.2, -0.15) is 11.3 Å². The molecule has 1 aliphatic rings. The van der Waals surface area contributed by atoms with Gasteiger partial charge >= 0.3 is 0 Å². The van der Waals surface area contributed by atoms with Gasteiger partial charge in [0.25, 0.3) is 5.91 Å². The minimum Gasteiger partial charge on any atom is -0.375 e. The number of nitrogens with zero attached hydrogens (tertiary/aromatic N) is 3. The van der Waals surface area contributed by atoms with Gasteiger partial charge in [-0.3, -0.25) is 9.69 Å². The van der Waals surface area contributed by atoms with E-state index in [2.05, 4.69) is 9.88 Å². The Hall–Kier alpha value is -1.15. The van der Waals surface area contributed by atoms with Gasteiger partial charge in [-0.25, -0.2) is 4.98 Å². The summed E-state index contributed by atoms with van der Waals surface area (Å²) < 4.78 is 0. The number of halogens is 1. The van der Waals surface area contributed by atoms with Gasteiger partial charge < -0.3 is 10.6 Å². The summed E-state index contributed by atoms with van der Waals surface area (Å²) in [5.41, 5.74) is 6.48. The van der Waals surface area contributed by atoms with E-state index in [1.165, 1.54) is 16.2 Å². The topological polar surface area (TPSA) is 62.5 Å². The van der Waals surface area contributed by atoms with Crippen molar-refractivity contribution in [3.8, 4) is 0 Å². The number of carbonyl (C=O) groups excluding carboxylic acids is 1. The molecule has 0 unspecified atom stereocenters.